The quantitative estimate of drug-likeness (QED) is 0.917. The maximum absolute atomic E-state index is 13.3. The van der Waals surface area contributed by atoms with Gasteiger partial charge >= 0.3 is 5.97 Å². The zero-order valence-electron chi connectivity index (χ0n) is 14.5. The molecule has 0 bridgehead atoms. The highest BCUT2D eigenvalue weighted by atomic mass is 16.5. The third kappa shape index (κ3) is 2.00. The fourth-order valence-corrected chi connectivity index (χ4v) is 4.35. The van der Waals surface area contributed by atoms with Crippen LogP contribution in [-0.2, 0) is 26.4 Å². The Kier molecular flexibility index (Phi) is 3.82. The molecule has 0 radical (unpaired) electrons. The molecule has 0 fully saturated rings. The number of benzene rings is 2. The zero-order valence-corrected chi connectivity index (χ0v) is 14.5. The van der Waals surface area contributed by atoms with Gasteiger partial charge in [-0.05, 0) is 17.2 Å². The average molecular weight is 353 g/mol. The van der Waals surface area contributed by atoms with E-state index >= 15 is 0 Å². The van der Waals surface area contributed by atoms with Crippen LogP contribution in [0.15, 0.2) is 48.5 Å². The molecule has 4 rings (SSSR count). The number of hydrogen-bond donors (Lipinski definition) is 1. The molecule has 6 nitrogen and oxygen atoms in total. The molecule has 6 heteroatoms. The van der Waals surface area contributed by atoms with Gasteiger partial charge in [0.1, 0.15) is 12.1 Å². The molecular weight excluding hydrogens is 334 g/mol. The molecule has 0 saturated carbocycles. The number of aliphatic carboxylic acids is 1. The molecule has 2 aromatic carbocycles. The SMILES string of the molecule is COC1Cc2ccccc2C2(OC)C(C(=O)O)c3ccccc3C(=O)N12. The summed E-state index contributed by atoms with van der Waals surface area (Å²) in [5, 5.41) is 10.1. The molecule has 2 aliphatic rings. The largest absolute Gasteiger partial charge is 0.481 e. The van der Waals surface area contributed by atoms with Crippen LogP contribution in [0.3, 0.4) is 0 Å². The van der Waals surface area contributed by atoms with Crippen molar-refractivity contribution in [1.82, 2.24) is 4.90 Å². The molecule has 3 atom stereocenters. The molecule has 0 saturated heterocycles. The van der Waals surface area contributed by atoms with Crippen LogP contribution < -0.4 is 0 Å². The maximum Gasteiger partial charge on any atom is 0.316 e. The van der Waals surface area contributed by atoms with Crippen molar-refractivity contribution in [2.24, 2.45) is 0 Å². The Morgan fingerprint density at radius 2 is 1.85 bits per heavy atom. The lowest BCUT2D eigenvalue weighted by molar-refractivity contribution is -0.213. The Morgan fingerprint density at radius 1 is 1.15 bits per heavy atom. The molecule has 2 aromatic rings. The van der Waals surface area contributed by atoms with Gasteiger partial charge in [-0.2, -0.15) is 0 Å². The fourth-order valence-electron chi connectivity index (χ4n) is 4.35. The number of carbonyl (C=O) groups is 2. The minimum atomic E-state index is -1.47. The molecule has 3 unspecified atom stereocenters. The monoisotopic (exact) mass is 353 g/mol. The Morgan fingerprint density at radius 3 is 2.54 bits per heavy atom. The molecule has 0 spiro atoms. The van der Waals surface area contributed by atoms with Crippen LogP contribution in [0.4, 0.5) is 0 Å². The number of carbonyl (C=O) groups excluding carboxylic acids is 1. The summed E-state index contributed by atoms with van der Waals surface area (Å²) in [6.07, 6.45) is -0.148. The van der Waals surface area contributed by atoms with E-state index in [0.29, 0.717) is 23.1 Å². The smallest absolute Gasteiger partial charge is 0.316 e. The third-order valence-electron chi connectivity index (χ3n) is 5.39. The Balaban J connectivity index is 2.10. The van der Waals surface area contributed by atoms with Crippen molar-refractivity contribution in [2.75, 3.05) is 14.2 Å². The van der Waals surface area contributed by atoms with Crippen molar-refractivity contribution < 1.29 is 24.2 Å². The van der Waals surface area contributed by atoms with E-state index in [1.807, 2.05) is 24.3 Å². The molecule has 2 heterocycles. The summed E-state index contributed by atoms with van der Waals surface area (Å²) in [6, 6.07) is 14.3. The normalized spacial score (nSPS) is 26.7. The Labute approximate surface area is 151 Å². The second kappa shape index (κ2) is 5.93. The third-order valence-corrected chi connectivity index (χ3v) is 5.39. The molecular formula is C20H19NO5. The number of amides is 1. The van der Waals surface area contributed by atoms with Gasteiger partial charge in [0.15, 0.2) is 5.72 Å². The second-order valence-electron chi connectivity index (χ2n) is 6.49. The number of nitrogens with zero attached hydrogens (tertiary/aromatic N) is 1. The van der Waals surface area contributed by atoms with Gasteiger partial charge in [-0.15, -0.1) is 0 Å². The summed E-state index contributed by atoms with van der Waals surface area (Å²) in [5.41, 5.74) is 0.956. The molecule has 0 aliphatic carbocycles. The molecule has 2 aliphatic heterocycles. The molecule has 134 valence electrons. The molecule has 26 heavy (non-hydrogen) atoms. The zero-order chi connectivity index (χ0) is 18.5. The summed E-state index contributed by atoms with van der Waals surface area (Å²) < 4.78 is 11.5. The highest BCUT2D eigenvalue weighted by Crippen LogP contribution is 2.52. The Bertz CT molecular complexity index is 895. The van der Waals surface area contributed by atoms with Gasteiger partial charge in [0.25, 0.3) is 5.91 Å². The number of carboxylic acids is 1. The van der Waals surface area contributed by atoms with Crippen LogP contribution in [0, 0.1) is 0 Å². The van der Waals surface area contributed by atoms with Crippen molar-refractivity contribution in [3.05, 3.63) is 70.8 Å². The van der Waals surface area contributed by atoms with E-state index in [2.05, 4.69) is 0 Å². The van der Waals surface area contributed by atoms with Gasteiger partial charge in [-0.1, -0.05) is 42.5 Å². The number of methoxy groups -OCH3 is 2. The minimum Gasteiger partial charge on any atom is -0.481 e. The van der Waals surface area contributed by atoms with Crippen LogP contribution in [0.25, 0.3) is 0 Å². The van der Waals surface area contributed by atoms with E-state index in [-0.39, 0.29) is 5.91 Å². The summed E-state index contributed by atoms with van der Waals surface area (Å²) in [6.45, 7) is 0. The first kappa shape index (κ1) is 16.8. The van der Waals surface area contributed by atoms with Crippen LogP contribution in [0.2, 0.25) is 0 Å². The lowest BCUT2D eigenvalue weighted by Crippen LogP contribution is -2.65. The Hall–Kier alpha value is -2.70. The van der Waals surface area contributed by atoms with E-state index in [0.717, 1.165) is 5.56 Å². The lowest BCUT2D eigenvalue weighted by atomic mass is 9.72. The summed E-state index contributed by atoms with van der Waals surface area (Å²) >= 11 is 0. The van der Waals surface area contributed by atoms with E-state index < -0.39 is 23.8 Å². The van der Waals surface area contributed by atoms with Crippen molar-refractivity contribution >= 4 is 11.9 Å². The summed E-state index contributed by atoms with van der Waals surface area (Å²) in [5.74, 6) is -2.41. The fraction of sp³-hybridized carbons (Fsp3) is 0.300. The van der Waals surface area contributed by atoms with E-state index in [9.17, 15) is 14.7 Å². The minimum absolute atomic E-state index is 0.290. The van der Waals surface area contributed by atoms with Gasteiger partial charge in [-0.3, -0.25) is 14.5 Å². The number of fused-ring (bicyclic) bond motifs is 4. The van der Waals surface area contributed by atoms with Crippen molar-refractivity contribution in [3.63, 3.8) is 0 Å². The highest BCUT2D eigenvalue weighted by Gasteiger charge is 2.61. The molecule has 1 amide bonds. The van der Waals surface area contributed by atoms with E-state index in [1.165, 1.54) is 19.1 Å². The first-order valence-corrected chi connectivity index (χ1v) is 8.38. The number of ether oxygens (including phenoxy) is 2. The predicted molar refractivity (Wildman–Crippen MR) is 92.6 cm³/mol. The highest BCUT2D eigenvalue weighted by molar-refractivity contribution is 6.01. The second-order valence-corrected chi connectivity index (χ2v) is 6.49. The first-order chi connectivity index (χ1) is 12.6. The average Bonchev–Trinajstić information content (AvgIpc) is 2.66. The molecule has 1 N–H and O–H groups in total. The predicted octanol–water partition coefficient (Wildman–Crippen LogP) is 2.34. The number of rotatable bonds is 3. The first-order valence-electron chi connectivity index (χ1n) is 8.38. The van der Waals surface area contributed by atoms with Crippen LogP contribution in [-0.4, -0.2) is 42.3 Å². The van der Waals surface area contributed by atoms with Gasteiger partial charge in [0, 0.05) is 31.8 Å². The van der Waals surface area contributed by atoms with Crippen molar-refractivity contribution in [2.45, 2.75) is 24.3 Å². The lowest BCUT2D eigenvalue weighted by Gasteiger charge is -2.55. The van der Waals surface area contributed by atoms with Gasteiger partial charge in [-0.25, -0.2) is 0 Å². The van der Waals surface area contributed by atoms with Gasteiger partial charge < -0.3 is 14.6 Å². The van der Waals surface area contributed by atoms with Crippen LogP contribution >= 0.6 is 0 Å². The van der Waals surface area contributed by atoms with Crippen LogP contribution in [0.1, 0.15) is 33.0 Å². The molecule has 0 aromatic heterocycles. The standard InChI is InChI=1S/C20H19NO5/c1-25-16-11-12-7-3-6-10-15(12)20(26-2)17(19(23)24)13-8-4-5-9-14(13)18(22)21(16)20/h3-10,16-17H,11H2,1-2H3,(H,23,24). The number of carboxylic acid groups (broad SMARTS) is 1. The topological polar surface area (TPSA) is 76.1 Å². The van der Waals surface area contributed by atoms with Crippen molar-refractivity contribution in [3.8, 4) is 0 Å². The van der Waals surface area contributed by atoms with Gasteiger partial charge in [0.2, 0.25) is 0 Å². The number of hydrogen-bond acceptors (Lipinski definition) is 4. The van der Waals surface area contributed by atoms with Crippen molar-refractivity contribution in [1.29, 1.82) is 0 Å². The summed E-state index contributed by atoms with van der Waals surface area (Å²) in [4.78, 5) is 27.2. The summed E-state index contributed by atoms with van der Waals surface area (Å²) in [7, 11) is 2.96. The van der Waals surface area contributed by atoms with Crippen LogP contribution in [0.5, 0.6) is 0 Å². The van der Waals surface area contributed by atoms with E-state index in [4.69, 9.17) is 9.47 Å². The van der Waals surface area contributed by atoms with E-state index in [1.54, 1.807) is 24.3 Å². The maximum atomic E-state index is 13.3. The van der Waals surface area contributed by atoms with Gasteiger partial charge in [0.05, 0.1) is 0 Å².